The summed E-state index contributed by atoms with van der Waals surface area (Å²) in [6.07, 6.45) is -0.737. The number of carbonyl (C=O) groups is 2. The van der Waals surface area contributed by atoms with Gasteiger partial charge < -0.3 is 35.3 Å². The second-order valence-electron chi connectivity index (χ2n) is 8.14. The smallest absolute Gasteiger partial charge is 0.410 e. The molecule has 1 aromatic rings. The number of aliphatic hydroxyl groups is 1. The maximum absolute atomic E-state index is 12.7. The number of ether oxygens (including phenoxy) is 3. The van der Waals surface area contributed by atoms with Crippen LogP contribution in [0.25, 0.3) is 0 Å². The van der Waals surface area contributed by atoms with Crippen molar-refractivity contribution in [2.24, 2.45) is 5.92 Å². The van der Waals surface area contributed by atoms with Crippen LogP contribution in [0.5, 0.6) is 11.5 Å². The molecule has 1 aliphatic rings. The Morgan fingerprint density at radius 2 is 1.93 bits per heavy atom. The fourth-order valence-electron chi connectivity index (χ4n) is 3.23. The third-order valence-corrected chi connectivity index (χ3v) is 5.09. The van der Waals surface area contributed by atoms with Crippen LogP contribution in [-0.2, 0) is 4.74 Å². The molecule has 1 saturated heterocycles. The molecule has 10 heteroatoms. The van der Waals surface area contributed by atoms with E-state index in [1.54, 1.807) is 20.8 Å². The van der Waals surface area contributed by atoms with Crippen LogP contribution in [0.1, 0.15) is 37.6 Å². The molecule has 1 fully saturated rings. The number of anilines is 1. The highest BCUT2D eigenvalue weighted by molar-refractivity contribution is 6.34. The standard InChI is InChI=1S/C20H30ClN3O6/c1-20(2,3)30-19(27)24-7-6-11(14(25)10-24)9-23-18(26)12-8-13(21)15(22)17(29-5)16(12)28-4/h8,11,14,25H,6-7,9-10,22H2,1-5H3,(H,23,26). The fourth-order valence-corrected chi connectivity index (χ4v) is 3.42. The number of carbonyl (C=O) groups excluding carboxylic acids is 2. The molecule has 1 heterocycles. The Kier molecular flexibility index (Phi) is 7.65. The number of nitrogens with zero attached hydrogens (tertiary/aromatic N) is 1. The molecule has 30 heavy (non-hydrogen) atoms. The van der Waals surface area contributed by atoms with Crippen LogP contribution < -0.4 is 20.5 Å². The molecular formula is C20H30ClN3O6. The number of nitrogens with two attached hydrogens (primary N) is 1. The summed E-state index contributed by atoms with van der Waals surface area (Å²) in [7, 11) is 2.80. The largest absolute Gasteiger partial charge is 0.492 e. The van der Waals surface area contributed by atoms with Gasteiger partial charge in [-0.25, -0.2) is 4.79 Å². The molecule has 1 aromatic carbocycles. The van der Waals surface area contributed by atoms with E-state index < -0.39 is 23.7 Å². The molecule has 4 N–H and O–H groups in total. The average molecular weight is 444 g/mol. The monoisotopic (exact) mass is 443 g/mol. The Bertz CT molecular complexity index is 796. The fraction of sp³-hybridized carbons (Fsp3) is 0.600. The van der Waals surface area contributed by atoms with Gasteiger partial charge in [0.15, 0.2) is 11.5 Å². The Balaban J connectivity index is 2.01. The minimum atomic E-state index is -0.794. The molecule has 0 spiro atoms. The second-order valence-corrected chi connectivity index (χ2v) is 8.55. The number of piperidine rings is 1. The number of likely N-dealkylation sites (tertiary alicyclic amines) is 1. The number of amides is 2. The summed E-state index contributed by atoms with van der Waals surface area (Å²) in [6.45, 7) is 6.15. The highest BCUT2D eigenvalue weighted by atomic mass is 35.5. The Morgan fingerprint density at radius 3 is 2.47 bits per heavy atom. The summed E-state index contributed by atoms with van der Waals surface area (Å²) < 4.78 is 15.8. The molecule has 0 radical (unpaired) electrons. The van der Waals surface area contributed by atoms with Crippen molar-refractivity contribution in [2.45, 2.75) is 38.9 Å². The number of hydrogen-bond donors (Lipinski definition) is 3. The van der Waals surface area contributed by atoms with E-state index in [1.807, 2.05) is 0 Å². The van der Waals surface area contributed by atoms with Crippen LogP contribution in [-0.4, -0.2) is 67.6 Å². The summed E-state index contributed by atoms with van der Waals surface area (Å²) in [5.74, 6) is -0.295. The summed E-state index contributed by atoms with van der Waals surface area (Å²) >= 11 is 6.10. The lowest BCUT2D eigenvalue weighted by Crippen LogP contribution is -2.50. The van der Waals surface area contributed by atoms with Gasteiger partial charge in [-0.1, -0.05) is 11.6 Å². The molecule has 9 nitrogen and oxygen atoms in total. The first-order valence-electron chi connectivity index (χ1n) is 9.62. The van der Waals surface area contributed by atoms with Crippen molar-refractivity contribution >= 4 is 29.3 Å². The van der Waals surface area contributed by atoms with E-state index in [2.05, 4.69) is 5.32 Å². The minimum absolute atomic E-state index is 0.139. The normalized spacial score (nSPS) is 19.2. The lowest BCUT2D eigenvalue weighted by Gasteiger charge is -2.36. The second kappa shape index (κ2) is 9.61. The van der Waals surface area contributed by atoms with E-state index in [0.29, 0.717) is 13.0 Å². The van der Waals surface area contributed by atoms with E-state index in [4.69, 9.17) is 31.5 Å². The van der Waals surface area contributed by atoms with Gasteiger partial charge in [-0.2, -0.15) is 0 Å². The lowest BCUT2D eigenvalue weighted by molar-refractivity contribution is -0.0122. The number of rotatable bonds is 5. The molecule has 2 atom stereocenters. The predicted molar refractivity (Wildman–Crippen MR) is 113 cm³/mol. The highest BCUT2D eigenvalue weighted by Gasteiger charge is 2.33. The van der Waals surface area contributed by atoms with Gasteiger partial charge in [0.05, 0.1) is 43.1 Å². The van der Waals surface area contributed by atoms with Gasteiger partial charge >= 0.3 is 6.09 Å². The Labute approximate surface area is 181 Å². The van der Waals surface area contributed by atoms with Gasteiger partial charge in [-0.15, -0.1) is 0 Å². The molecule has 0 saturated carbocycles. The van der Waals surface area contributed by atoms with Crippen molar-refractivity contribution in [3.8, 4) is 11.5 Å². The summed E-state index contributed by atoms with van der Waals surface area (Å²) in [4.78, 5) is 26.4. The number of aliphatic hydroxyl groups excluding tert-OH is 1. The zero-order chi connectivity index (χ0) is 22.6. The number of benzene rings is 1. The molecule has 168 valence electrons. The average Bonchev–Trinajstić information content (AvgIpc) is 2.66. The topological polar surface area (TPSA) is 123 Å². The Hall–Kier alpha value is -2.39. The molecule has 2 rings (SSSR count). The first-order valence-corrected chi connectivity index (χ1v) is 10.0. The molecule has 1 aliphatic heterocycles. The van der Waals surface area contributed by atoms with Gasteiger partial charge in [0, 0.05) is 19.0 Å². The number of nitrogen functional groups attached to an aromatic ring is 1. The van der Waals surface area contributed by atoms with Gasteiger partial charge in [0.1, 0.15) is 5.60 Å². The number of methoxy groups -OCH3 is 2. The zero-order valence-corrected chi connectivity index (χ0v) is 18.7. The van der Waals surface area contributed by atoms with E-state index in [-0.39, 0.29) is 46.8 Å². The number of nitrogens with one attached hydrogen (secondary N) is 1. The summed E-state index contributed by atoms with van der Waals surface area (Å²) in [6, 6.07) is 1.41. The minimum Gasteiger partial charge on any atom is -0.492 e. The number of β-amino-alcohol motifs (C(OH)–C–C–N with tert-alkyl or cyclic N) is 1. The van der Waals surface area contributed by atoms with Crippen molar-refractivity contribution in [3.63, 3.8) is 0 Å². The van der Waals surface area contributed by atoms with E-state index in [0.717, 1.165) is 0 Å². The number of hydrogen-bond acceptors (Lipinski definition) is 7. The van der Waals surface area contributed by atoms with Gasteiger partial charge in [-0.05, 0) is 33.3 Å². The van der Waals surface area contributed by atoms with Crippen LogP contribution in [0.15, 0.2) is 6.07 Å². The van der Waals surface area contributed by atoms with Gasteiger partial charge in [-0.3, -0.25) is 4.79 Å². The zero-order valence-electron chi connectivity index (χ0n) is 18.0. The van der Waals surface area contributed by atoms with Crippen molar-refractivity contribution in [2.75, 3.05) is 39.6 Å². The summed E-state index contributed by atoms with van der Waals surface area (Å²) in [5, 5.41) is 13.4. The van der Waals surface area contributed by atoms with Gasteiger partial charge in [0.25, 0.3) is 5.91 Å². The van der Waals surface area contributed by atoms with Crippen molar-refractivity contribution < 1.29 is 28.9 Å². The van der Waals surface area contributed by atoms with E-state index in [9.17, 15) is 14.7 Å². The molecule has 0 aromatic heterocycles. The maximum atomic E-state index is 12.7. The van der Waals surface area contributed by atoms with Crippen LogP contribution in [0, 0.1) is 5.92 Å². The predicted octanol–water partition coefficient (Wildman–Crippen LogP) is 2.29. The maximum Gasteiger partial charge on any atom is 0.410 e. The van der Waals surface area contributed by atoms with E-state index >= 15 is 0 Å². The van der Waals surface area contributed by atoms with Crippen LogP contribution in [0.4, 0.5) is 10.5 Å². The molecule has 0 bridgehead atoms. The molecule has 2 amide bonds. The van der Waals surface area contributed by atoms with Gasteiger partial charge in [0.2, 0.25) is 0 Å². The van der Waals surface area contributed by atoms with Crippen LogP contribution >= 0.6 is 11.6 Å². The molecule has 2 unspecified atom stereocenters. The first kappa shape index (κ1) is 23.9. The quantitative estimate of drug-likeness (QED) is 0.596. The summed E-state index contributed by atoms with van der Waals surface area (Å²) in [5.41, 5.74) is 5.63. The van der Waals surface area contributed by atoms with Crippen molar-refractivity contribution in [3.05, 3.63) is 16.7 Å². The van der Waals surface area contributed by atoms with Crippen LogP contribution in [0.3, 0.4) is 0 Å². The first-order chi connectivity index (χ1) is 14.0. The lowest BCUT2D eigenvalue weighted by atomic mass is 9.94. The molecule has 0 aliphatic carbocycles. The van der Waals surface area contributed by atoms with Crippen molar-refractivity contribution in [1.29, 1.82) is 0 Å². The van der Waals surface area contributed by atoms with Crippen LogP contribution in [0.2, 0.25) is 5.02 Å². The van der Waals surface area contributed by atoms with E-state index in [1.165, 1.54) is 25.2 Å². The van der Waals surface area contributed by atoms with Crippen molar-refractivity contribution in [1.82, 2.24) is 10.2 Å². The molecular weight excluding hydrogens is 414 g/mol. The third-order valence-electron chi connectivity index (χ3n) is 4.77. The SMILES string of the molecule is COc1c(C(=O)NCC2CCN(C(=O)OC(C)(C)C)CC2O)cc(Cl)c(N)c1OC. The third kappa shape index (κ3) is 5.60. The highest BCUT2D eigenvalue weighted by Crippen LogP contribution is 2.41. The Morgan fingerprint density at radius 1 is 1.30 bits per heavy atom. The number of halogens is 1.